The summed E-state index contributed by atoms with van der Waals surface area (Å²) in [5, 5.41) is 58.1. The van der Waals surface area contributed by atoms with Gasteiger partial charge in [-0.2, -0.15) is 0 Å². The first-order valence-electron chi connectivity index (χ1n) is 26.8. The molecular weight excluding hydrogens is 971 g/mol. The van der Waals surface area contributed by atoms with Crippen LogP contribution in [-0.2, 0) is 42.7 Å². The van der Waals surface area contributed by atoms with Crippen molar-refractivity contribution in [2.45, 2.75) is 205 Å². The number of ether oxygens (including phenoxy) is 8. The molecule has 3 aliphatic rings. The Morgan fingerprint density at radius 2 is 1.65 bits per heavy atom. The van der Waals surface area contributed by atoms with Crippen molar-refractivity contribution in [3.63, 3.8) is 0 Å². The Hall–Kier alpha value is -3.41. The van der Waals surface area contributed by atoms with Crippen molar-refractivity contribution < 1.29 is 73.0 Å². The van der Waals surface area contributed by atoms with Crippen LogP contribution in [0.2, 0.25) is 0 Å². The lowest BCUT2D eigenvalue weighted by Gasteiger charge is -2.49. The molecule has 0 aliphatic carbocycles. The number of hydrogen-bond acceptors (Lipinski definition) is 17. The second-order valence-corrected chi connectivity index (χ2v) is 22.9. The average Bonchev–Trinajstić information content (AvgIpc) is 3.33. The number of aliphatic hydroxyl groups excluding tert-OH is 2. The minimum Gasteiger partial charge on any atom is -0.477 e. The first kappa shape index (κ1) is 62.4. The van der Waals surface area contributed by atoms with Gasteiger partial charge in [0.1, 0.15) is 35.6 Å². The summed E-state index contributed by atoms with van der Waals surface area (Å²) in [6, 6.07) is 4.41. The second-order valence-electron chi connectivity index (χ2n) is 22.9. The Balaban J connectivity index is 1.37. The quantitative estimate of drug-likeness (QED) is 0.107. The highest BCUT2D eigenvalue weighted by atomic mass is 16.7. The molecule has 19 nitrogen and oxygen atoms in total. The van der Waals surface area contributed by atoms with Gasteiger partial charge in [0.25, 0.3) is 0 Å². The Morgan fingerprint density at radius 3 is 2.27 bits per heavy atom. The molecule has 3 fully saturated rings. The molecule has 1 unspecified atom stereocenters. The highest BCUT2D eigenvalue weighted by Crippen LogP contribution is 2.41. The van der Waals surface area contributed by atoms with Crippen LogP contribution in [0.25, 0.3) is 17.0 Å². The number of benzene rings is 1. The molecule has 1 aromatic heterocycles. The van der Waals surface area contributed by atoms with Crippen LogP contribution >= 0.6 is 0 Å². The van der Waals surface area contributed by atoms with Gasteiger partial charge >= 0.3 is 11.9 Å². The van der Waals surface area contributed by atoms with Crippen molar-refractivity contribution in [1.82, 2.24) is 14.4 Å². The predicted molar refractivity (Wildman–Crippen MR) is 283 cm³/mol. The minimum atomic E-state index is -1.84. The van der Waals surface area contributed by atoms with Gasteiger partial charge in [-0.3, -0.25) is 9.59 Å². The normalized spacial score (nSPS) is 38.2. The van der Waals surface area contributed by atoms with Crippen molar-refractivity contribution in [2.24, 2.45) is 17.8 Å². The SMILES string of the molecule is CC[C@H]1OC(=O)[C@H](C)[C@@H](OC2C[C@@](C)(OC)[C@@H](OCCOCC=Cc3ccc4c(c3)c(=O)c(C(=O)O)cn4C(C)C)[C@H](C)O2)[C@H](C)[C@@H](O[C@@H]2O[C@H](C)C[C@H](N(C)C)[C@H]2O)[C@](C)(O)C[C@@H](C)CN(C)[C@H](C)[C@H](O)[C@]1(C)O. The number of likely N-dealkylation sites (N-methyl/N-ethyl adjacent to an activating group) is 2. The van der Waals surface area contributed by atoms with Gasteiger partial charge in [-0.05, 0) is 126 Å². The Morgan fingerprint density at radius 1 is 0.973 bits per heavy atom. The van der Waals surface area contributed by atoms with Crippen LogP contribution in [0.3, 0.4) is 0 Å². The fourth-order valence-corrected chi connectivity index (χ4v) is 11.7. The smallest absolute Gasteiger partial charge is 0.341 e. The number of cyclic esters (lactones) is 1. The molecule has 18 atom stereocenters. The van der Waals surface area contributed by atoms with E-state index in [9.17, 15) is 39.9 Å². The number of esters is 1. The zero-order valence-corrected chi connectivity index (χ0v) is 47.4. The number of aromatic nitrogens is 1. The number of methoxy groups -OCH3 is 1. The van der Waals surface area contributed by atoms with Crippen LogP contribution in [-0.4, -0.2) is 197 Å². The van der Waals surface area contributed by atoms with E-state index in [-0.39, 0.29) is 68.8 Å². The third-order valence-corrected chi connectivity index (χ3v) is 16.1. The number of rotatable bonds is 16. The Labute approximate surface area is 444 Å². The number of pyridine rings is 1. The third-order valence-electron chi connectivity index (χ3n) is 16.1. The fraction of sp³-hybridized carbons (Fsp3) is 0.768. The fourth-order valence-electron chi connectivity index (χ4n) is 11.7. The molecule has 75 heavy (non-hydrogen) atoms. The summed E-state index contributed by atoms with van der Waals surface area (Å²) in [6.45, 7) is 22.8. The van der Waals surface area contributed by atoms with Gasteiger partial charge < -0.3 is 77.8 Å². The number of carbonyl (C=O) groups is 2. The maximum absolute atomic E-state index is 14.6. The second kappa shape index (κ2) is 26.0. The third kappa shape index (κ3) is 14.6. The van der Waals surface area contributed by atoms with Crippen molar-refractivity contribution >= 4 is 28.9 Å². The monoisotopic (exact) mass is 1060 g/mol. The number of aliphatic hydroxyl groups is 4. The standard InChI is InChI=1S/C56H91N3O16/c1-17-43-56(12,67)48(62)36(8)58(15)29-32(4)27-54(10,66)49(75-53-46(61)42(57(13)14)25-33(5)71-53)34(6)47(35(7)52(65)73-43)74-44-28-55(11,68-16)50(37(9)72-44)70-24-23-69-22-18-19-38-20-21-41-39(26-38)45(60)40(51(63)64)30-59(41)31(2)3/h18-21,26,30-37,42-44,46-50,53,61-62,66-67H,17,22-25,27-29H2,1-16H3,(H,63,64)/t32-,33-,34+,35-,36-,37+,42+,43-,44?,46-,47+,48+,49-,50+,53+,54-,55-,56-/m1/s1. The summed E-state index contributed by atoms with van der Waals surface area (Å²) in [6.07, 6.45) is -3.18. The first-order chi connectivity index (χ1) is 35.0. The van der Waals surface area contributed by atoms with Gasteiger partial charge in [-0.15, -0.1) is 0 Å². The van der Waals surface area contributed by atoms with Crippen molar-refractivity contribution in [2.75, 3.05) is 54.6 Å². The summed E-state index contributed by atoms with van der Waals surface area (Å²) in [5.41, 5.74) is -3.89. The lowest BCUT2D eigenvalue weighted by molar-refractivity contribution is -0.321. The summed E-state index contributed by atoms with van der Waals surface area (Å²) in [7, 11) is 7.18. The lowest BCUT2D eigenvalue weighted by atomic mass is 9.77. The van der Waals surface area contributed by atoms with Crippen molar-refractivity contribution in [1.29, 1.82) is 0 Å². The maximum atomic E-state index is 14.6. The van der Waals surface area contributed by atoms with E-state index in [1.165, 1.54) is 13.1 Å². The molecule has 1 aromatic carbocycles. The highest BCUT2D eigenvalue weighted by Gasteiger charge is 2.53. The van der Waals surface area contributed by atoms with Crippen LogP contribution in [0, 0.1) is 17.8 Å². The summed E-state index contributed by atoms with van der Waals surface area (Å²) in [5.74, 6) is -4.02. The van der Waals surface area contributed by atoms with Crippen LogP contribution in [0.4, 0.5) is 0 Å². The van der Waals surface area contributed by atoms with Crippen molar-refractivity contribution in [3.05, 3.63) is 51.8 Å². The maximum Gasteiger partial charge on any atom is 0.341 e. The molecule has 426 valence electrons. The number of carbonyl (C=O) groups excluding carboxylic acids is 1. The number of aromatic carboxylic acids is 1. The van der Waals surface area contributed by atoms with E-state index in [1.54, 1.807) is 57.6 Å². The van der Waals surface area contributed by atoms with E-state index in [4.69, 9.17) is 37.9 Å². The van der Waals surface area contributed by atoms with Gasteiger partial charge in [0.2, 0.25) is 5.43 Å². The number of nitrogens with zero attached hydrogens (tertiary/aromatic N) is 3. The lowest BCUT2D eigenvalue weighted by Crippen LogP contribution is -2.61. The molecule has 0 amide bonds. The molecule has 5 N–H and O–H groups in total. The molecule has 19 heteroatoms. The van der Waals surface area contributed by atoms with Gasteiger partial charge in [-0.25, -0.2) is 4.79 Å². The molecular formula is C56H91N3O16. The molecule has 4 heterocycles. The van der Waals surface area contributed by atoms with E-state index in [2.05, 4.69) is 0 Å². The molecule has 0 bridgehead atoms. The first-order valence-corrected chi connectivity index (χ1v) is 26.8. The van der Waals surface area contributed by atoms with Gasteiger partial charge in [0, 0.05) is 55.7 Å². The Bertz CT molecular complexity index is 2290. The number of carboxylic acids is 1. The van der Waals surface area contributed by atoms with E-state index < -0.39 is 107 Å². The molecule has 0 spiro atoms. The summed E-state index contributed by atoms with van der Waals surface area (Å²) in [4.78, 5) is 43.3. The van der Waals surface area contributed by atoms with E-state index in [0.717, 1.165) is 0 Å². The van der Waals surface area contributed by atoms with E-state index in [0.29, 0.717) is 29.4 Å². The van der Waals surface area contributed by atoms with E-state index >= 15 is 0 Å². The largest absolute Gasteiger partial charge is 0.477 e. The molecule has 3 aliphatic heterocycles. The number of carboxylic acid groups (broad SMARTS) is 1. The highest BCUT2D eigenvalue weighted by molar-refractivity contribution is 5.93. The number of hydrogen-bond donors (Lipinski definition) is 5. The summed E-state index contributed by atoms with van der Waals surface area (Å²) >= 11 is 0. The summed E-state index contributed by atoms with van der Waals surface area (Å²) < 4.78 is 53.1. The van der Waals surface area contributed by atoms with Gasteiger partial charge in [-0.1, -0.05) is 39.0 Å². The van der Waals surface area contributed by atoms with Crippen LogP contribution < -0.4 is 5.43 Å². The minimum absolute atomic E-state index is 0.0601. The molecule has 0 saturated carbocycles. The number of fused-ring (bicyclic) bond motifs is 1. The van der Waals surface area contributed by atoms with Crippen LogP contribution in [0.5, 0.6) is 0 Å². The van der Waals surface area contributed by atoms with E-state index in [1.807, 2.05) is 91.5 Å². The molecule has 5 rings (SSSR count). The zero-order valence-electron chi connectivity index (χ0n) is 47.4. The molecule has 3 saturated heterocycles. The molecule has 0 radical (unpaired) electrons. The average molecular weight is 1060 g/mol. The van der Waals surface area contributed by atoms with Gasteiger partial charge in [0.05, 0.1) is 66.9 Å². The van der Waals surface area contributed by atoms with Crippen LogP contribution in [0.1, 0.15) is 131 Å². The molecule has 2 aromatic rings. The zero-order chi connectivity index (χ0) is 56.1. The predicted octanol–water partition coefficient (Wildman–Crippen LogP) is 5.25. The van der Waals surface area contributed by atoms with Crippen molar-refractivity contribution in [3.8, 4) is 0 Å². The topological polar surface area (TPSA) is 238 Å². The van der Waals surface area contributed by atoms with Gasteiger partial charge in [0.15, 0.2) is 12.6 Å². The Kier molecular flexibility index (Phi) is 21.7. The van der Waals surface area contributed by atoms with Crippen LogP contribution in [0.15, 0.2) is 35.3 Å².